The van der Waals surface area contributed by atoms with Crippen molar-refractivity contribution in [1.29, 1.82) is 0 Å². The fourth-order valence-corrected chi connectivity index (χ4v) is 3.36. The summed E-state index contributed by atoms with van der Waals surface area (Å²) in [4.78, 5) is 21.0. The van der Waals surface area contributed by atoms with E-state index in [2.05, 4.69) is 34.5 Å². The van der Waals surface area contributed by atoms with Crippen LogP contribution in [-0.4, -0.2) is 83.0 Å². The van der Waals surface area contributed by atoms with E-state index in [-0.39, 0.29) is 6.09 Å². The minimum Gasteiger partial charge on any atom is -0.444 e. The molecule has 0 spiro atoms. The van der Waals surface area contributed by atoms with Gasteiger partial charge >= 0.3 is 6.09 Å². The summed E-state index contributed by atoms with van der Waals surface area (Å²) in [7, 11) is 1.96. The maximum absolute atomic E-state index is 12.2. The summed E-state index contributed by atoms with van der Waals surface area (Å²) < 4.78 is 7.36. The minimum atomic E-state index is -0.451. The number of aromatic nitrogens is 2. The van der Waals surface area contributed by atoms with Gasteiger partial charge in [-0.25, -0.2) is 9.79 Å². The quantitative estimate of drug-likeness (QED) is 0.536. The van der Waals surface area contributed by atoms with Crippen LogP contribution in [0.3, 0.4) is 0 Å². The molecule has 1 aromatic rings. The van der Waals surface area contributed by atoms with Crippen molar-refractivity contribution in [3.8, 4) is 0 Å². The number of amides is 1. The molecule has 30 heavy (non-hydrogen) atoms. The molecule has 2 heterocycles. The van der Waals surface area contributed by atoms with Gasteiger partial charge in [-0.15, -0.1) is 0 Å². The molecule has 9 nitrogen and oxygen atoms in total. The lowest BCUT2D eigenvalue weighted by Gasteiger charge is -2.35. The summed E-state index contributed by atoms with van der Waals surface area (Å²) in [6.07, 6.45) is -0.220. The van der Waals surface area contributed by atoms with Gasteiger partial charge in [0.1, 0.15) is 5.60 Å². The van der Waals surface area contributed by atoms with E-state index in [1.807, 2.05) is 39.4 Å². The second kappa shape index (κ2) is 10.7. The largest absolute Gasteiger partial charge is 0.444 e. The Morgan fingerprint density at radius 1 is 1.17 bits per heavy atom. The normalized spacial score (nSPS) is 16.0. The summed E-state index contributed by atoms with van der Waals surface area (Å²) in [5.74, 6) is 0.813. The summed E-state index contributed by atoms with van der Waals surface area (Å²) >= 11 is 0. The lowest BCUT2D eigenvalue weighted by atomic mass is 10.2. The number of rotatable bonds is 6. The first-order valence-corrected chi connectivity index (χ1v) is 10.8. The number of hydrogen-bond acceptors (Lipinski definition) is 5. The number of nitrogens with one attached hydrogen (secondary N) is 2. The summed E-state index contributed by atoms with van der Waals surface area (Å²) in [5, 5.41) is 11.2. The molecule has 1 fully saturated rings. The van der Waals surface area contributed by atoms with Crippen molar-refractivity contribution in [1.82, 2.24) is 30.2 Å². The molecule has 0 aliphatic carbocycles. The molecule has 1 aliphatic heterocycles. The predicted octanol–water partition coefficient (Wildman–Crippen LogP) is 1.64. The molecule has 0 bridgehead atoms. The first-order valence-electron chi connectivity index (χ1n) is 10.8. The Morgan fingerprint density at radius 2 is 1.83 bits per heavy atom. The van der Waals surface area contributed by atoms with Crippen molar-refractivity contribution in [2.24, 2.45) is 12.0 Å². The van der Waals surface area contributed by atoms with Gasteiger partial charge in [-0.2, -0.15) is 5.10 Å². The van der Waals surface area contributed by atoms with Gasteiger partial charge in [0.15, 0.2) is 5.96 Å². The average molecular weight is 422 g/mol. The van der Waals surface area contributed by atoms with Crippen LogP contribution in [0.2, 0.25) is 0 Å². The average Bonchev–Trinajstić information content (AvgIpc) is 2.90. The second-order valence-electron chi connectivity index (χ2n) is 8.70. The Morgan fingerprint density at radius 3 is 2.37 bits per heavy atom. The van der Waals surface area contributed by atoms with Gasteiger partial charge < -0.3 is 20.3 Å². The van der Waals surface area contributed by atoms with Crippen LogP contribution in [0.15, 0.2) is 4.99 Å². The molecule has 0 radical (unpaired) electrons. The molecule has 1 saturated heterocycles. The van der Waals surface area contributed by atoms with Gasteiger partial charge in [0.05, 0.1) is 12.2 Å². The van der Waals surface area contributed by atoms with Crippen LogP contribution in [-0.2, 0) is 18.3 Å². The van der Waals surface area contributed by atoms with E-state index in [1.54, 1.807) is 4.90 Å². The van der Waals surface area contributed by atoms with Crippen molar-refractivity contribution < 1.29 is 9.53 Å². The number of piperazine rings is 1. The Hall–Kier alpha value is -2.29. The SMILES string of the molecule is CCNC(=NCc1c(C)nn(C)c1C)NCCN1CCN(C(=O)OC(C)(C)C)CC1. The number of aliphatic imine (C=N–C) groups is 1. The fraction of sp³-hybridized carbons (Fsp3) is 0.762. The van der Waals surface area contributed by atoms with E-state index < -0.39 is 5.60 Å². The first kappa shape index (κ1) is 24.0. The molecule has 2 N–H and O–H groups in total. The van der Waals surface area contributed by atoms with E-state index in [0.717, 1.165) is 50.1 Å². The van der Waals surface area contributed by atoms with Gasteiger partial charge in [0, 0.05) is 64.1 Å². The molecular formula is C21H39N7O2. The third-order valence-corrected chi connectivity index (χ3v) is 5.14. The first-order chi connectivity index (χ1) is 14.1. The standard InChI is InChI=1S/C21H39N7O2/c1-8-22-19(24-15-18-16(2)25-26(7)17(18)3)23-9-10-27-11-13-28(14-12-27)20(29)30-21(4,5)6/h8-15H2,1-7H3,(H2,22,23,24). The molecule has 1 aliphatic rings. The lowest BCUT2D eigenvalue weighted by Crippen LogP contribution is -2.51. The predicted molar refractivity (Wildman–Crippen MR) is 120 cm³/mol. The highest BCUT2D eigenvalue weighted by molar-refractivity contribution is 5.79. The monoisotopic (exact) mass is 421 g/mol. The van der Waals surface area contributed by atoms with E-state index in [0.29, 0.717) is 19.6 Å². The van der Waals surface area contributed by atoms with Gasteiger partial charge in [-0.1, -0.05) is 0 Å². The van der Waals surface area contributed by atoms with E-state index >= 15 is 0 Å². The molecule has 2 rings (SSSR count). The number of carbonyl (C=O) groups is 1. The van der Waals surface area contributed by atoms with E-state index in [1.165, 1.54) is 5.56 Å². The number of guanidine groups is 1. The fourth-order valence-electron chi connectivity index (χ4n) is 3.36. The zero-order valence-corrected chi connectivity index (χ0v) is 19.7. The summed E-state index contributed by atoms with van der Waals surface area (Å²) in [6.45, 7) is 18.1. The van der Waals surface area contributed by atoms with Crippen LogP contribution in [0.1, 0.15) is 44.6 Å². The lowest BCUT2D eigenvalue weighted by molar-refractivity contribution is 0.0147. The van der Waals surface area contributed by atoms with Gasteiger partial charge in [0.25, 0.3) is 0 Å². The Balaban J connectivity index is 1.78. The van der Waals surface area contributed by atoms with Crippen LogP contribution < -0.4 is 10.6 Å². The van der Waals surface area contributed by atoms with Gasteiger partial charge in [-0.3, -0.25) is 9.58 Å². The van der Waals surface area contributed by atoms with Crippen molar-refractivity contribution in [2.45, 2.75) is 53.7 Å². The maximum atomic E-state index is 12.2. The Labute approximate surface area is 180 Å². The third kappa shape index (κ3) is 7.19. The molecular weight excluding hydrogens is 382 g/mol. The van der Waals surface area contributed by atoms with Gasteiger partial charge in [0.2, 0.25) is 0 Å². The highest BCUT2D eigenvalue weighted by atomic mass is 16.6. The smallest absolute Gasteiger partial charge is 0.410 e. The molecule has 1 amide bonds. The Bertz CT molecular complexity index is 728. The van der Waals surface area contributed by atoms with Crippen LogP contribution in [0.5, 0.6) is 0 Å². The number of nitrogens with zero attached hydrogens (tertiary/aromatic N) is 5. The van der Waals surface area contributed by atoms with Crippen LogP contribution >= 0.6 is 0 Å². The van der Waals surface area contributed by atoms with E-state index in [9.17, 15) is 4.79 Å². The Kier molecular flexibility index (Phi) is 8.52. The van der Waals surface area contributed by atoms with E-state index in [4.69, 9.17) is 9.73 Å². The van der Waals surface area contributed by atoms with Crippen molar-refractivity contribution in [3.63, 3.8) is 0 Å². The molecule has 1 aromatic heterocycles. The summed E-state index contributed by atoms with van der Waals surface area (Å²) in [5.41, 5.74) is 2.90. The zero-order chi connectivity index (χ0) is 22.3. The number of aryl methyl sites for hydroxylation is 2. The zero-order valence-electron chi connectivity index (χ0n) is 19.7. The topological polar surface area (TPSA) is 87.0 Å². The number of hydrogen-bond donors (Lipinski definition) is 2. The molecule has 9 heteroatoms. The molecule has 0 aromatic carbocycles. The van der Waals surface area contributed by atoms with Crippen LogP contribution in [0.25, 0.3) is 0 Å². The molecule has 0 unspecified atom stereocenters. The highest BCUT2D eigenvalue weighted by Gasteiger charge is 2.25. The number of ether oxygens (including phenoxy) is 1. The molecule has 0 saturated carbocycles. The van der Waals surface area contributed by atoms with Crippen molar-refractivity contribution >= 4 is 12.1 Å². The summed E-state index contributed by atoms with van der Waals surface area (Å²) in [6, 6.07) is 0. The van der Waals surface area contributed by atoms with Gasteiger partial charge in [-0.05, 0) is 41.5 Å². The molecule has 0 atom stereocenters. The maximum Gasteiger partial charge on any atom is 0.410 e. The number of carbonyl (C=O) groups excluding carboxylic acids is 1. The van der Waals surface area contributed by atoms with Crippen LogP contribution in [0.4, 0.5) is 4.79 Å². The third-order valence-electron chi connectivity index (χ3n) is 5.14. The minimum absolute atomic E-state index is 0.220. The highest BCUT2D eigenvalue weighted by Crippen LogP contribution is 2.13. The molecule has 170 valence electrons. The van der Waals surface area contributed by atoms with Crippen molar-refractivity contribution in [3.05, 3.63) is 17.0 Å². The van der Waals surface area contributed by atoms with Crippen molar-refractivity contribution in [2.75, 3.05) is 45.8 Å². The van der Waals surface area contributed by atoms with Crippen LogP contribution in [0, 0.1) is 13.8 Å². The second-order valence-corrected chi connectivity index (χ2v) is 8.70.